The molecule has 2 aromatic carbocycles. The Morgan fingerprint density at radius 3 is 2.39 bits per heavy atom. The molecule has 0 aromatic heterocycles. The Morgan fingerprint density at radius 2 is 1.70 bits per heavy atom. The van der Waals surface area contributed by atoms with Gasteiger partial charge in [-0.25, -0.2) is 8.42 Å². The molecule has 122 valence electrons. The molecule has 0 spiro atoms. The third-order valence-electron chi connectivity index (χ3n) is 4.25. The second kappa shape index (κ2) is 6.31. The molecule has 1 heterocycles. The zero-order valence-corrected chi connectivity index (χ0v) is 13.7. The summed E-state index contributed by atoms with van der Waals surface area (Å²) < 4.78 is 32.5. The summed E-state index contributed by atoms with van der Waals surface area (Å²) in [6, 6.07) is 16.2. The van der Waals surface area contributed by atoms with E-state index in [9.17, 15) is 8.42 Å². The lowest BCUT2D eigenvalue weighted by molar-refractivity contribution is 0.398. The summed E-state index contributed by atoms with van der Waals surface area (Å²) in [5, 5.41) is 0. The van der Waals surface area contributed by atoms with E-state index in [1.807, 2.05) is 30.3 Å². The number of benzene rings is 2. The smallest absolute Gasteiger partial charge is 0.246 e. The van der Waals surface area contributed by atoms with E-state index >= 15 is 0 Å². The van der Waals surface area contributed by atoms with Gasteiger partial charge in [0.1, 0.15) is 10.6 Å². The lowest BCUT2D eigenvalue weighted by Crippen LogP contribution is -2.32. The van der Waals surface area contributed by atoms with Gasteiger partial charge in [-0.1, -0.05) is 42.5 Å². The molecule has 2 atom stereocenters. The van der Waals surface area contributed by atoms with Crippen LogP contribution in [0.15, 0.2) is 59.5 Å². The van der Waals surface area contributed by atoms with Crippen LogP contribution in [0.2, 0.25) is 0 Å². The zero-order valence-electron chi connectivity index (χ0n) is 12.9. The molecule has 0 aliphatic carbocycles. The number of nitrogens with zero attached hydrogens (tertiary/aromatic N) is 1. The summed E-state index contributed by atoms with van der Waals surface area (Å²) in [5.74, 6) is 0.352. The van der Waals surface area contributed by atoms with Gasteiger partial charge in [-0.3, -0.25) is 0 Å². The van der Waals surface area contributed by atoms with Gasteiger partial charge in [0.2, 0.25) is 10.0 Å². The first-order valence-corrected chi connectivity index (χ1v) is 8.91. The summed E-state index contributed by atoms with van der Waals surface area (Å²) >= 11 is 0. The molecule has 0 bridgehead atoms. The first-order chi connectivity index (χ1) is 11.0. The predicted octanol–water partition coefficient (Wildman–Crippen LogP) is 1.81. The molecule has 1 aliphatic rings. The van der Waals surface area contributed by atoms with Crippen molar-refractivity contribution in [1.82, 2.24) is 4.31 Å². The lowest BCUT2D eigenvalue weighted by atomic mass is 9.95. The highest BCUT2D eigenvalue weighted by Gasteiger charge is 2.39. The average Bonchev–Trinajstić information content (AvgIpc) is 2.98. The number of rotatable bonds is 4. The number of hydrogen-bond donors (Lipinski definition) is 1. The average molecular weight is 332 g/mol. The molecule has 2 aromatic rings. The van der Waals surface area contributed by atoms with Gasteiger partial charge >= 0.3 is 0 Å². The van der Waals surface area contributed by atoms with E-state index in [0.717, 1.165) is 5.56 Å². The molecule has 0 radical (unpaired) electrons. The fourth-order valence-corrected chi connectivity index (χ4v) is 4.67. The molecular formula is C17H20N2O3S. The van der Waals surface area contributed by atoms with Crippen LogP contribution < -0.4 is 10.5 Å². The Kier molecular flexibility index (Phi) is 4.39. The van der Waals surface area contributed by atoms with E-state index < -0.39 is 10.0 Å². The number of methoxy groups -OCH3 is 1. The maximum Gasteiger partial charge on any atom is 0.246 e. The first-order valence-electron chi connectivity index (χ1n) is 7.47. The normalized spacial score (nSPS) is 22.2. The standard InChI is InChI=1S/C17H20N2O3S/c1-22-16-9-5-6-10-17(16)23(20,21)19-11-14(15(18)12-19)13-7-3-2-4-8-13/h2-10,14-15H,11-12,18H2,1H3/t14-,15+/m0/s1. The molecule has 2 N–H and O–H groups in total. The Balaban J connectivity index is 1.91. The van der Waals surface area contributed by atoms with Crippen molar-refractivity contribution >= 4 is 10.0 Å². The van der Waals surface area contributed by atoms with Crippen molar-refractivity contribution in [2.24, 2.45) is 5.73 Å². The van der Waals surface area contributed by atoms with E-state index in [-0.39, 0.29) is 16.9 Å². The number of nitrogens with two attached hydrogens (primary N) is 1. The van der Waals surface area contributed by atoms with Crippen molar-refractivity contribution in [3.05, 3.63) is 60.2 Å². The van der Waals surface area contributed by atoms with Crippen LogP contribution in [0.5, 0.6) is 5.75 Å². The molecule has 0 unspecified atom stereocenters. The van der Waals surface area contributed by atoms with E-state index in [1.165, 1.54) is 11.4 Å². The maximum atomic E-state index is 12.9. The largest absolute Gasteiger partial charge is 0.495 e. The van der Waals surface area contributed by atoms with Crippen LogP contribution >= 0.6 is 0 Å². The molecule has 3 rings (SSSR count). The highest BCUT2D eigenvalue weighted by atomic mass is 32.2. The molecule has 1 saturated heterocycles. The van der Waals surface area contributed by atoms with Gasteiger partial charge in [-0.05, 0) is 17.7 Å². The summed E-state index contributed by atoms with van der Waals surface area (Å²) in [5.41, 5.74) is 7.28. The van der Waals surface area contributed by atoms with Crippen molar-refractivity contribution in [2.75, 3.05) is 20.2 Å². The van der Waals surface area contributed by atoms with E-state index in [1.54, 1.807) is 24.3 Å². The Hall–Kier alpha value is -1.89. The summed E-state index contributed by atoms with van der Waals surface area (Å²) in [4.78, 5) is 0.184. The van der Waals surface area contributed by atoms with Gasteiger partial charge in [0.15, 0.2) is 0 Å². The van der Waals surface area contributed by atoms with Crippen molar-refractivity contribution in [3.63, 3.8) is 0 Å². The minimum absolute atomic E-state index is 0.000632. The van der Waals surface area contributed by atoms with Crippen LogP contribution in [-0.4, -0.2) is 39.0 Å². The molecule has 0 amide bonds. The molecule has 6 heteroatoms. The van der Waals surface area contributed by atoms with Crippen molar-refractivity contribution in [3.8, 4) is 5.75 Å². The lowest BCUT2D eigenvalue weighted by Gasteiger charge is -2.18. The van der Waals surface area contributed by atoms with Crippen LogP contribution in [0.25, 0.3) is 0 Å². The quantitative estimate of drug-likeness (QED) is 0.927. The number of ether oxygens (including phenoxy) is 1. The van der Waals surface area contributed by atoms with E-state index in [4.69, 9.17) is 10.5 Å². The Morgan fingerprint density at radius 1 is 1.04 bits per heavy atom. The third kappa shape index (κ3) is 2.97. The fraction of sp³-hybridized carbons (Fsp3) is 0.294. The van der Waals surface area contributed by atoms with Gasteiger partial charge < -0.3 is 10.5 Å². The van der Waals surface area contributed by atoms with Crippen LogP contribution in [0.4, 0.5) is 0 Å². The van der Waals surface area contributed by atoms with Crippen LogP contribution in [0.3, 0.4) is 0 Å². The second-order valence-corrected chi connectivity index (χ2v) is 7.56. The summed E-state index contributed by atoms with van der Waals surface area (Å²) in [7, 11) is -2.16. The third-order valence-corrected chi connectivity index (χ3v) is 6.12. The SMILES string of the molecule is COc1ccccc1S(=O)(=O)N1C[C@@H](N)[C@H](c2ccccc2)C1. The summed E-state index contributed by atoms with van der Waals surface area (Å²) in [6.45, 7) is 0.686. The van der Waals surface area contributed by atoms with Crippen LogP contribution in [0.1, 0.15) is 11.5 Å². The monoisotopic (exact) mass is 332 g/mol. The Labute approximate surface area is 136 Å². The van der Waals surface area contributed by atoms with Crippen molar-refractivity contribution < 1.29 is 13.2 Å². The van der Waals surface area contributed by atoms with Gasteiger partial charge in [0.25, 0.3) is 0 Å². The number of para-hydroxylation sites is 1. The van der Waals surface area contributed by atoms with E-state index in [0.29, 0.717) is 18.8 Å². The van der Waals surface area contributed by atoms with Gasteiger partial charge in [0, 0.05) is 25.0 Å². The van der Waals surface area contributed by atoms with Gasteiger partial charge in [-0.15, -0.1) is 0 Å². The van der Waals surface area contributed by atoms with Crippen molar-refractivity contribution in [1.29, 1.82) is 0 Å². The molecule has 1 fully saturated rings. The molecule has 5 nitrogen and oxygen atoms in total. The van der Waals surface area contributed by atoms with E-state index in [2.05, 4.69) is 0 Å². The molecule has 23 heavy (non-hydrogen) atoms. The summed E-state index contributed by atoms with van der Waals surface area (Å²) in [6.07, 6.45) is 0. The van der Waals surface area contributed by atoms with Crippen molar-refractivity contribution in [2.45, 2.75) is 16.9 Å². The predicted molar refractivity (Wildman–Crippen MR) is 88.9 cm³/mol. The zero-order chi connectivity index (χ0) is 16.4. The first kappa shape index (κ1) is 16.0. The Bertz CT molecular complexity index is 777. The molecular weight excluding hydrogens is 312 g/mol. The van der Waals surface area contributed by atoms with Crippen LogP contribution in [-0.2, 0) is 10.0 Å². The second-order valence-electron chi connectivity index (χ2n) is 5.65. The highest BCUT2D eigenvalue weighted by molar-refractivity contribution is 7.89. The topological polar surface area (TPSA) is 72.6 Å². The molecule has 1 aliphatic heterocycles. The minimum Gasteiger partial charge on any atom is -0.495 e. The number of sulfonamides is 1. The number of hydrogen-bond acceptors (Lipinski definition) is 4. The van der Waals surface area contributed by atoms with Gasteiger partial charge in [-0.2, -0.15) is 4.31 Å². The maximum absolute atomic E-state index is 12.9. The minimum atomic E-state index is -3.63. The molecule has 0 saturated carbocycles. The highest BCUT2D eigenvalue weighted by Crippen LogP contribution is 2.33. The fourth-order valence-electron chi connectivity index (χ4n) is 3.01. The van der Waals surface area contributed by atoms with Crippen LogP contribution in [0, 0.1) is 0 Å². The van der Waals surface area contributed by atoms with Gasteiger partial charge in [0.05, 0.1) is 7.11 Å².